The van der Waals surface area contributed by atoms with Crippen LogP contribution in [-0.4, -0.2) is 24.3 Å². The van der Waals surface area contributed by atoms with Gasteiger partial charge in [0, 0.05) is 0 Å². The van der Waals surface area contributed by atoms with Crippen LogP contribution in [0.3, 0.4) is 0 Å². The van der Waals surface area contributed by atoms with Gasteiger partial charge in [-0.15, -0.1) is 0 Å². The Morgan fingerprint density at radius 2 is 1.50 bits per heavy atom. The average molecular weight is 90.9 g/mol. The second kappa shape index (κ2) is 8.85. The van der Waals surface area contributed by atoms with E-state index in [-0.39, 0.29) is 0 Å². The zero-order chi connectivity index (χ0) is 5.58. The van der Waals surface area contributed by atoms with Gasteiger partial charge in [-0.05, 0) is 0 Å². The largest absolute Gasteiger partial charge is 0.503 e. The molecule has 0 radical (unpaired) electrons. The Bertz CT molecular complexity index is 33.8. The van der Waals surface area contributed by atoms with Gasteiger partial charge in [0.05, 0.1) is 0 Å². The van der Waals surface area contributed by atoms with Gasteiger partial charge in [0.25, 0.3) is 0 Å². The quantitative estimate of drug-likeness (QED) is 0.324. The van der Waals surface area contributed by atoms with Gasteiger partial charge in [0.2, 0.25) is 0 Å². The summed E-state index contributed by atoms with van der Waals surface area (Å²) < 4.78 is 0. The van der Waals surface area contributed by atoms with Gasteiger partial charge in [0.15, 0.2) is 7.98 Å². The van der Waals surface area contributed by atoms with Crippen LogP contribution >= 0.6 is 0 Å². The van der Waals surface area contributed by atoms with Crippen molar-refractivity contribution in [1.29, 1.82) is 0 Å². The number of hydrogen-bond acceptors (Lipinski definition) is 2. The fraction of sp³-hybridized carbons (Fsp3) is 0. The maximum absolute atomic E-state index is 8.56. The normalized spacial score (nSPS) is 4.83. The summed E-state index contributed by atoms with van der Waals surface area (Å²) in [7, 11) is 1.50. The maximum atomic E-state index is 8.56. The van der Waals surface area contributed by atoms with Gasteiger partial charge in [-0.3, -0.25) is 0 Å². The summed E-state index contributed by atoms with van der Waals surface area (Å²) in [6.45, 7) is 0. The average Bonchev–Trinajstić information content (AvgIpc) is 1.41. The van der Waals surface area contributed by atoms with E-state index in [0.29, 0.717) is 0 Å². The Kier molecular flexibility index (Phi) is 13.3. The topological polar surface area (TPSA) is 83.6 Å². The van der Waals surface area contributed by atoms with Gasteiger partial charge in [-0.25, -0.2) is 4.79 Å². The predicted molar refractivity (Wildman–Crippen MR) is 23.4 cm³/mol. The zero-order valence-corrected chi connectivity index (χ0v) is 3.38. The molecule has 0 aromatic carbocycles. The van der Waals surface area contributed by atoms with Crippen LogP contribution in [0.25, 0.3) is 0 Å². The van der Waals surface area contributed by atoms with E-state index in [0.717, 1.165) is 0 Å². The van der Waals surface area contributed by atoms with Crippen molar-refractivity contribution < 1.29 is 15.0 Å². The van der Waals surface area contributed by atoms with E-state index in [9.17, 15) is 0 Å². The molecule has 0 heterocycles. The highest BCUT2D eigenvalue weighted by atomic mass is 16.6. The van der Waals surface area contributed by atoms with Gasteiger partial charge < -0.3 is 15.9 Å². The van der Waals surface area contributed by atoms with Crippen molar-refractivity contribution in [3.63, 3.8) is 0 Å². The number of hydrogen-bond donors (Lipinski definition) is 3. The SMILES string of the molecule is BN.O=C(O)O. The van der Waals surface area contributed by atoms with E-state index in [1.807, 2.05) is 0 Å². The van der Waals surface area contributed by atoms with Crippen LogP contribution in [0.4, 0.5) is 4.79 Å². The fourth-order valence-electron chi connectivity index (χ4n) is 0. The summed E-state index contributed by atoms with van der Waals surface area (Å²) in [6.07, 6.45) is -1.83. The first-order valence-electron chi connectivity index (χ1n) is 1.23. The van der Waals surface area contributed by atoms with E-state index in [1.165, 1.54) is 7.98 Å². The zero-order valence-electron chi connectivity index (χ0n) is 3.38. The van der Waals surface area contributed by atoms with Crippen LogP contribution in [0.5, 0.6) is 0 Å². The molecule has 0 unspecified atom stereocenters. The number of rotatable bonds is 0. The highest BCUT2D eigenvalue weighted by Gasteiger charge is 1.70. The number of carboxylic acid groups (broad SMARTS) is 2. The molecule has 4 nitrogen and oxygen atoms in total. The summed E-state index contributed by atoms with van der Waals surface area (Å²) in [5.74, 6) is 0. The van der Waals surface area contributed by atoms with E-state index >= 15 is 0 Å². The number of nitrogens with two attached hydrogens (primary N) is 1. The molecule has 4 N–H and O–H groups in total. The molecule has 0 aromatic rings. The molecule has 5 heteroatoms. The van der Waals surface area contributed by atoms with Crippen LogP contribution in [-0.2, 0) is 0 Å². The lowest BCUT2D eigenvalue weighted by molar-refractivity contribution is 0.137. The molecule has 0 aromatic heterocycles. The van der Waals surface area contributed by atoms with E-state index in [1.54, 1.807) is 0 Å². The lowest BCUT2D eigenvalue weighted by Crippen LogP contribution is -1.81. The van der Waals surface area contributed by atoms with Crippen molar-refractivity contribution in [2.75, 3.05) is 0 Å². The Morgan fingerprint density at radius 1 is 1.50 bits per heavy atom. The summed E-state index contributed by atoms with van der Waals surface area (Å²) in [5, 5.41) is 13.9. The third-order valence-electron chi connectivity index (χ3n) is 0. The first-order chi connectivity index (χ1) is 2.73. The first kappa shape index (κ1) is 9.00. The highest BCUT2D eigenvalue weighted by Crippen LogP contribution is 1.42. The third kappa shape index (κ3) is 34.9. The smallest absolute Gasteiger partial charge is 0.450 e. The predicted octanol–water partition coefficient (Wildman–Crippen LogP) is -1.28. The molecule has 0 saturated heterocycles. The van der Waals surface area contributed by atoms with Crippen molar-refractivity contribution in [2.24, 2.45) is 5.64 Å². The van der Waals surface area contributed by atoms with Crippen LogP contribution in [0, 0.1) is 0 Å². The van der Waals surface area contributed by atoms with Crippen LogP contribution in [0.2, 0.25) is 0 Å². The molecule has 0 atom stereocenters. The molecule has 6 heavy (non-hydrogen) atoms. The second-order valence-electron chi connectivity index (χ2n) is 0.283. The van der Waals surface area contributed by atoms with Gasteiger partial charge in [-0.1, -0.05) is 0 Å². The fourth-order valence-corrected chi connectivity index (χ4v) is 0. The summed E-state index contributed by atoms with van der Waals surface area (Å²) in [5.41, 5.74) is 4.50. The standard InChI is InChI=1S/CH2O3.BH4N/c2-1(3)4;1-2/h(H2,2,3,4);1-2H2. The van der Waals surface area contributed by atoms with E-state index in [4.69, 9.17) is 15.0 Å². The Hall–Kier alpha value is -0.705. The van der Waals surface area contributed by atoms with Crippen molar-refractivity contribution in [3.05, 3.63) is 0 Å². The third-order valence-corrected chi connectivity index (χ3v) is 0. The van der Waals surface area contributed by atoms with Crippen LogP contribution in [0.1, 0.15) is 0 Å². The molecule has 0 fully saturated rings. The summed E-state index contributed by atoms with van der Waals surface area (Å²) in [6, 6.07) is 0. The minimum atomic E-state index is -1.83. The molecular weight excluding hydrogens is 84.8 g/mol. The first-order valence-corrected chi connectivity index (χ1v) is 1.23. The van der Waals surface area contributed by atoms with Gasteiger partial charge in [-0.2, -0.15) is 0 Å². The molecule has 0 aliphatic heterocycles. The minimum absolute atomic E-state index is 1.50. The minimum Gasteiger partial charge on any atom is -0.450 e. The molecule has 0 rings (SSSR count). The van der Waals surface area contributed by atoms with E-state index in [2.05, 4.69) is 5.64 Å². The van der Waals surface area contributed by atoms with Gasteiger partial charge in [0.1, 0.15) is 0 Å². The Morgan fingerprint density at radius 3 is 1.50 bits per heavy atom. The Balaban J connectivity index is 0. The summed E-state index contributed by atoms with van der Waals surface area (Å²) >= 11 is 0. The van der Waals surface area contributed by atoms with Crippen molar-refractivity contribution in [2.45, 2.75) is 0 Å². The molecule has 0 spiro atoms. The van der Waals surface area contributed by atoms with Crippen molar-refractivity contribution in [3.8, 4) is 0 Å². The van der Waals surface area contributed by atoms with E-state index < -0.39 is 6.16 Å². The lowest BCUT2D eigenvalue weighted by atomic mass is 10.5. The van der Waals surface area contributed by atoms with Crippen molar-refractivity contribution in [1.82, 2.24) is 0 Å². The maximum Gasteiger partial charge on any atom is 0.503 e. The molecule has 0 aliphatic rings. The Labute approximate surface area is 36.0 Å². The molecule has 0 bridgehead atoms. The van der Waals surface area contributed by atoms with Gasteiger partial charge >= 0.3 is 6.16 Å². The lowest BCUT2D eigenvalue weighted by Gasteiger charge is -1.60. The molecular formula is CH6BNO3. The molecule has 36 valence electrons. The number of carbonyl (C=O) groups is 1. The van der Waals surface area contributed by atoms with Crippen LogP contribution in [0.15, 0.2) is 0 Å². The molecule has 0 aliphatic carbocycles. The molecule has 0 saturated carbocycles. The van der Waals surface area contributed by atoms with Crippen molar-refractivity contribution >= 4 is 14.1 Å². The monoisotopic (exact) mass is 91.0 g/mol. The highest BCUT2D eigenvalue weighted by molar-refractivity contribution is 6.02. The summed E-state index contributed by atoms with van der Waals surface area (Å²) in [4.78, 5) is 8.56. The van der Waals surface area contributed by atoms with Crippen LogP contribution < -0.4 is 5.64 Å². The molecule has 0 amide bonds. The second-order valence-corrected chi connectivity index (χ2v) is 0.283.